The Morgan fingerprint density at radius 1 is 1.54 bits per heavy atom. The average molecular weight is 201 g/mol. The van der Waals surface area contributed by atoms with Gasteiger partial charge >= 0.3 is 18.9 Å². The van der Waals surface area contributed by atoms with Crippen LogP contribution in [0.15, 0.2) is 12.7 Å². The van der Waals surface area contributed by atoms with E-state index in [1.165, 1.54) is 13.8 Å². The van der Waals surface area contributed by atoms with Crippen molar-refractivity contribution in [1.29, 1.82) is 0 Å². The number of carbonyl (C=O) groups excluding carboxylic acids is 1. The molecule has 0 aliphatic carbocycles. The van der Waals surface area contributed by atoms with Crippen LogP contribution in [0.25, 0.3) is 0 Å². The summed E-state index contributed by atoms with van der Waals surface area (Å²) in [5.41, 5.74) is 4.53. The molecule has 0 aliphatic heterocycles. The molecule has 0 aromatic rings. The van der Waals surface area contributed by atoms with Crippen LogP contribution in [0.1, 0.15) is 13.8 Å². The van der Waals surface area contributed by atoms with Gasteiger partial charge in [0.1, 0.15) is 0 Å². The predicted molar refractivity (Wildman–Crippen MR) is 44.2 cm³/mol. The fourth-order valence-corrected chi connectivity index (χ4v) is 0. The maximum atomic E-state index is 9.78. The molecule has 0 bridgehead atoms. The minimum atomic E-state index is -3.99. The molecule has 2 N–H and O–H groups in total. The molecule has 0 saturated carbocycles. The molecule has 0 radical (unpaired) electrons. The number of rotatable bonds is 2. The standard InChI is InChI=1S/C3H5NO.C3H8O3S.Li/c1-2-3(4)5;1-3(2)7(4,5)6;/h2H,1H2,(H2,4,5);3H,1-2H3,(H,4,5,6);/q;;+1/p-1. The first-order valence-electron chi connectivity index (χ1n) is 3.08. The minimum Gasteiger partial charge on any atom is -0.748 e. The quantitative estimate of drug-likeness (QED) is 0.286. The molecule has 0 saturated heterocycles. The molecule has 1 amide bonds. The molecule has 72 valence electrons. The summed E-state index contributed by atoms with van der Waals surface area (Å²) >= 11 is 0. The van der Waals surface area contributed by atoms with E-state index in [-0.39, 0.29) is 18.9 Å². The fourth-order valence-electron chi connectivity index (χ4n) is 0. The molecule has 0 fully saturated rings. The Labute approximate surface area is 90.3 Å². The van der Waals surface area contributed by atoms with Gasteiger partial charge in [-0.15, -0.1) is 0 Å². The van der Waals surface area contributed by atoms with Crippen LogP contribution in [-0.4, -0.2) is 24.1 Å². The minimum absolute atomic E-state index is 0. The van der Waals surface area contributed by atoms with Gasteiger partial charge in [-0.25, -0.2) is 8.42 Å². The van der Waals surface area contributed by atoms with Crippen LogP contribution in [0.3, 0.4) is 0 Å². The summed E-state index contributed by atoms with van der Waals surface area (Å²) in [5, 5.41) is -0.785. The molecule has 0 spiro atoms. The molecule has 7 heteroatoms. The van der Waals surface area contributed by atoms with Gasteiger partial charge in [-0.3, -0.25) is 4.79 Å². The topological polar surface area (TPSA) is 100 Å². The second-order valence-corrected chi connectivity index (χ2v) is 4.08. The molecule has 0 rings (SSSR count). The van der Waals surface area contributed by atoms with Gasteiger partial charge in [0.15, 0.2) is 0 Å². The Hall–Kier alpha value is -0.283. The van der Waals surface area contributed by atoms with E-state index in [1.54, 1.807) is 0 Å². The Bertz CT molecular complexity index is 247. The summed E-state index contributed by atoms with van der Waals surface area (Å²) in [6.07, 6.45) is 1.06. The Kier molecular flexibility index (Phi) is 11.8. The molecule has 0 aliphatic rings. The number of primary amides is 1. The molecule has 0 aromatic carbocycles. The van der Waals surface area contributed by atoms with Crippen molar-refractivity contribution < 1.29 is 36.6 Å². The van der Waals surface area contributed by atoms with E-state index in [2.05, 4.69) is 12.3 Å². The van der Waals surface area contributed by atoms with Gasteiger partial charge in [0.25, 0.3) is 0 Å². The van der Waals surface area contributed by atoms with E-state index >= 15 is 0 Å². The maximum Gasteiger partial charge on any atom is 1.00 e. The number of hydrogen-bond donors (Lipinski definition) is 1. The van der Waals surface area contributed by atoms with Gasteiger partial charge in [-0.2, -0.15) is 0 Å². The monoisotopic (exact) mass is 201 g/mol. The van der Waals surface area contributed by atoms with Crippen molar-refractivity contribution in [3.8, 4) is 0 Å². The third-order valence-corrected chi connectivity index (χ3v) is 1.93. The molecular formula is C6H12LiNO4S. The van der Waals surface area contributed by atoms with Crippen LogP contribution in [0, 0.1) is 0 Å². The molecule has 0 aromatic heterocycles. The van der Waals surface area contributed by atoms with E-state index in [4.69, 9.17) is 0 Å². The van der Waals surface area contributed by atoms with Crippen LogP contribution in [0.4, 0.5) is 0 Å². The first-order chi connectivity index (χ1) is 5.21. The van der Waals surface area contributed by atoms with E-state index in [9.17, 15) is 17.8 Å². The summed E-state index contributed by atoms with van der Waals surface area (Å²) in [6.45, 7) is 5.78. The van der Waals surface area contributed by atoms with Gasteiger partial charge in [-0.1, -0.05) is 6.58 Å². The van der Waals surface area contributed by atoms with Crippen molar-refractivity contribution in [2.45, 2.75) is 19.1 Å². The summed E-state index contributed by atoms with van der Waals surface area (Å²) in [6, 6.07) is 0. The van der Waals surface area contributed by atoms with Crippen LogP contribution in [0.2, 0.25) is 0 Å². The molecule has 5 nitrogen and oxygen atoms in total. The maximum absolute atomic E-state index is 9.78. The third-order valence-electron chi connectivity index (χ3n) is 0.779. The molecule has 13 heavy (non-hydrogen) atoms. The zero-order valence-corrected chi connectivity index (χ0v) is 8.80. The van der Waals surface area contributed by atoms with Gasteiger partial charge in [-0.05, 0) is 19.9 Å². The molecule has 0 atom stereocenters. The summed E-state index contributed by atoms with van der Waals surface area (Å²) in [5.74, 6) is -0.481. The van der Waals surface area contributed by atoms with Gasteiger partial charge in [0.2, 0.25) is 5.91 Å². The second kappa shape index (κ2) is 8.32. The Balaban J connectivity index is -0.000000150. The van der Waals surface area contributed by atoms with E-state index in [0.717, 1.165) is 6.08 Å². The SMILES string of the molecule is C=CC(N)=O.CC(C)S(=O)(=O)[O-].[Li+]. The second-order valence-electron chi connectivity index (χ2n) is 2.15. The first-order valence-corrected chi connectivity index (χ1v) is 4.55. The Morgan fingerprint density at radius 2 is 1.69 bits per heavy atom. The van der Waals surface area contributed by atoms with E-state index in [0.29, 0.717) is 0 Å². The van der Waals surface area contributed by atoms with Crippen molar-refractivity contribution in [3.63, 3.8) is 0 Å². The summed E-state index contributed by atoms with van der Waals surface area (Å²) in [4.78, 5) is 9.47. The average Bonchev–Trinajstić information content (AvgIpc) is 1.87. The van der Waals surface area contributed by atoms with Crippen molar-refractivity contribution in [2.75, 3.05) is 0 Å². The summed E-state index contributed by atoms with van der Waals surface area (Å²) in [7, 11) is -3.99. The van der Waals surface area contributed by atoms with Crippen LogP contribution in [-0.2, 0) is 14.9 Å². The van der Waals surface area contributed by atoms with Crippen LogP contribution < -0.4 is 24.6 Å². The number of carbonyl (C=O) groups is 1. The third kappa shape index (κ3) is 18.6. The normalized spacial score (nSPS) is 9.23. The van der Waals surface area contributed by atoms with Crippen LogP contribution in [0.5, 0.6) is 0 Å². The zero-order chi connectivity index (χ0) is 10.4. The Morgan fingerprint density at radius 3 is 1.69 bits per heavy atom. The van der Waals surface area contributed by atoms with Crippen LogP contribution >= 0.6 is 0 Å². The van der Waals surface area contributed by atoms with Crippen molar-refractivity contribution in [1.82, 2.24) is 0 Å². The first kappa shape index (κ1) is 18.5. The number of amides is 1. The number of hydrogen-bond acceptors (Lipinski definition) is 4. The van der Waals surface area contributed by atoms with Gasteiger partial charge in [0, 0.05) is 5.25 Å². The van der Waals surface area contributed by atoms with E-state index < -0.39 is 21.3 Å². The van der Waals surface area contributed by atoms with Crippen molar-refractivity contribution in [3.05, 3.63) is 12.7 Å². The fraction of sp³-hybridized carbons (Fsp3) is 0.500. The van der Waals surface area contributed by atoms with E-state index in [1.807, 2.05) is 0 Å². The predicted octanol–water partition coefficient (Wildman–Crippen LogP) is -3.40. The smallest absolute Gasteiger partial charge is 0.748 e. The van der Waals surface area contributed by atoms with Gasteiger partial charge in [0.05, 0.1) is 10.1 Å². The largest absolute Gasteiger partial charge is 1.00 e. The molecular weight excluding hydrogens is 189 g/mol. The number of nitrogens with two attached hydrogens (primary N) is 1. The zero-order valence-electron chi connectivity index (χ0n) is 7.98. The molecule has 0 unspecified atom stereocenters. The van der Waals surface area contributed by atoms with Crippen molar-refractivity contribution in [2.24, 2.45) is 5.73 Å². The van der Waals surface area contributed by atoms with Gasteiger partial charge < -0.3 is 10.3 Å². The molecule has 0 heterocycles. The van der Waals surface area contributed by atoms with Crippen molar-refractivity contribution >= 4 is 16.0 Å². The summed E-state index contributed by atoms with van der Waals surface area (Å²) < 4.78 is 29.3.